The van der Waals surface area contributed by atoms with Gasteiger partial charge in [-0.25, -0.2) is 0 Å². The molecule has 0 N–H and O–H groups in total. The van der Waals surface area contributed by atoms with E-state index in [1.54, 1.807) is 25.2 Å². The first-order valence-electron chi connectivity index (χ1n) is 4.05. The highest BCUT2D eigenvalue weighted by atomic mass is 16.5. The monoisotopic (exact) mass is 193 g/mol. The van der Waals surface area contributed by atoms with Crippen molar-refractivity contribution in [2.24, 2.45) is 0 Å². The Morgan fingerprint density at radius 2 is 2.07 bits per heavy atom. The molecule has 0 aliphatic carbocycles. The lowest BCUT2D eigenvalue weighted by molar-refractivity contribution is -0.107. The topological polar surface area (TPSA) is 46.6 Å². The highest BCUT2D eigenvalue weighted by Crippen LogP contribution is 2.25. The highest BCUT2D eigenvalue weighted by molar-refractivity contribution is 5.92. The molecule has 1 amide bonds. The summed E-state index contributed by atoms with van der Waals surface area (Å²) in [7, 11) is 3.06. The first kappa shape index (κ1) is 10.2. The molecule has 0 spiro atoms. The molecule has 0 bridgehead atoms. The second kappa shape index (κ2) is 4.41. The molecule has 1 rings (SSSR count). The van der Waals surface area contributed by atoms with E-state index in [1.165, 1.54) is 12.0 Å². The van der Waals surface area contributed by atoms with Crippen molar-refractivity contribution < 1.29 is 14.3 Å². The van der Waals surface area contributed by atoms with Crippen LogP contribution in [0.2, 0.25) is 0 Å². The molecule has 0 heterocycles. The van der Waals surface area contributed by atoms with E-state index in [1.807, 2.05) is 0 Å². The number of methoxy groups -OCH3 is 1. The Labute approximate surface area is 82.1 Å². The summed E-state index contributed by atoms with van der Waals surface area (Å²) in [6.45, 7) is 0. The summed E-state index contributed by atoms with van der Waals surface area (Å²) < 4.78 is 5.00. The Morgan fingerprint density at radius 3 is 2.57 bits per heavy atom. The van der Waals surface area contributed by atoms with Gasteiger partial charge in [0.15, 0.2) is 6.29 Å². The predicted octanol–water partition coefficient (Wildman–Crippen LogP) is 1.10. The van der Waals surface area contributed by atoms with Crippen molar-refractivity contribution >= 4 is 18.4 Å². The number of hydrogen-bond acceptors (Lipinski definition) is 3. The van der Waals surface area contributed by atoms with Crippen LogP contribution in [0.1, 0.15) is 10.4 Å². The van der Waals surface area contributed by atoms with Crippen molar-refractivity contribution in [2.75, 3.05) is 19.1 Å². The molecule has 0 aromatic heterocycles. The molecule has 0 aliphatic heterocycles. The number of benzene rings is 1. The molecule has 0 fully saturated rings. The maximum absolute atomic E-state index is 10.8. The van der Waals surface area contributed by atoms with Crippen molar-refractivity contribution in [2.45, 2.75) is 0 Å². The fraction of sp³-hybridized carbons (Fsp3) is 0.200. The van der Waals surface area contributed by atoms with E-state index in [-0.39, 0.29) is 0 Å². The molecule has 0 atom stereocenters. The van der Waals surface area contributed by atoms with Crippen LogP contribution < -0.4 is 9.64 Å². The van der Waals surface area contributed by atoms with Gasteiger partial charge >= 0.3 is 0 Å². The summed E-state index contributed by atoms with van der Waals surface area (Å²) in [5.41, 5.74) is 0.916. The lowest BCUT2D eigenvalue weighted by atomic mass is 10.1. The van der Waals surface area contributed by atoms with Crippen molar-refractivity contribution in [3.8, 4) is 5.75 Å². The minimum atomic E-state index is 0.379. The van der Waals surface area contributed by atoms with Crippen molar-refractivity contribution in [1.29, 1.82) is 0 Å². The summed E-state index contributed by atoms with van der Waals surface area (Å²) in [5.74, 6) is 0.464. The van der Waals surface area contributed by atoms with Gasteiger partial charge in [-0.2, -0.15) is 0 Å². The van der Waals surface area contributed by atoms with E-state index in [0.29, 0.717) is 29.7 Å². The Bertz CT molecular complexity index is 349. The van der Waals surface area contributed by atoms with E-state index in [0.717, 1.165) is 0 Å². The average molecular weight is 193 g/mol. The third kappa shape index (κ3) is 1.74. The Hall–Kier alpha value is -1.84. The second-order valence-corrected chi connectivity index (χ2v) is 2.73. The third-order valence-corrected chi connectivity index (χ3v) is 1.92. The van der Waals surface area contributed by atoms with Gasteiger partial charge < -0.3 is 9.64 Å². The number of hydrogen-bond donors (Lipinski definition) is 0. The van der Waals surface area contributed by atoms with Crippen LogP contribution in [-0.2, 0) is 4.79 Å². The molecule has 74 valence electrons. The van der Waals surface area contributed by atoms with Crippen LogP contribution in [0.3, 0.4) is 0 Å². The zero-order chi connectivity index (χ0) is 10.6. The third-order valence-electron chi connectivity index (χ3n) is 1.92. The summed E-state index contributed by atoms with van der Waals surface area (Å²) in [5, 5.41) is 0. The smallest absolute Gasteiger partial charge is 0.213 e. The van der Waals surface area contributed by atoms with Crippen LogP contribution in [-0.4, -0.2) is 26.9 Å². The Morgan fingerprint density at radius 1 is 1.36 bits per heavy atom. The van der Waals surface area contributed by atoms with Gasteiger partial charge in [0.1, 0.15) is 5.75 Å². The van der Waals surface area contributed by atoms with Crippen LogP contribution >= 0.6 is 0 Å². The van der Waals surface area contributed by atoms with Crippen LogP contribution in [0.4, 0.5) is 5.69 Å². The molecular weight excluding hydrogens is 182 g/mol. The van der Waals surface area contributed by atoms with Crippen LogP contribution in [0.15, 0.2) is 18.2 Å². The van der Waals surface area contributed by atoms with Crippen molar-refractivity contribution in [3.05, 3.63) is 23.8 Å². The first-order valence-corrected chi connectivity index (χ1v) is 4.05. The van der Waals surface area contributed by atoms with Gasteiger partial charge in [0.05, 0.1) is 18.4 Å². The SMILES string of the molecule is COc1cccc(N(C)C=O)c1C=O. The highest BCUT2D eigenvalue weighted by Gasteiger charge is 2.10. The lowest BCUT2D eigenvalue weighted by Crippen LogP contribution is -2.15. The van der Waals surface area contributed by atoms with E-state index in [9.17, 15) is 9.59 Å². The van der Waals surface area contributed by atoms with Crippen LogP contribution in [0.5, 0.6) is 5.75 Å². The standard InChI is InChI=1S/C10H11NO3/c1-11(7-13)9-4-3-5-10(14-2)8(9)6-12/h3-7H,1-2H3. The molecule has 4 nitrogen and oxygen atoms in total. The van der Waals surface area contributed by atoms with E-state index >= 15 is 0 Å². The largest absolute Gasteiger partial charge is 0.496 e. The summed E-state index contributed by atoms with van der Waals surface area (Å²) in [6, 6.07) is 5.08. The fourth-order valence-electron chi connectivity index (χ4n) is 1.19. The average Bonchev–Trinajstić information content (AvgIpc) is 2.26. The number of nitrogens with zero attached hydrogens (tertiary/aromatic N) is 1. The second-order valence-electron chi connectivity index (χ2n) is 2.73. The summed E-state index contributed by atoms with van der Waals surface area (Å²) in [6.07, 6.45) is 1.32. The Balaban J connectivity index is 3.28. The minimum Gasteiger partial charge on any atom is -0.496 e. The normalized spacial score (nSPS) is 9.29. The van der Waals surface area contributed by atoms with Crippen molar-refractivity contribution in [1.82, 2.24) is 0 Å². The first-order chi connectivity index (χ1) is 6.74. The summed E-state index contributed by atoms with van der Waals surface area (Å²) >= 11 is 0. The van der Waals surface area contributed by atoms with Gasteiger partial charge in [-0.05, 0) is 12.1 Å². The van der Waals surface area contributed by atoms with Gasteiger partial charge in [-0.15, -0.1) is 0 Å². The number of amides is 1. The maximum Gasteiger partial charge on any atom is 0.213 e. The van der Waals surface area contributed by atoms with Gasteiger partial charge in [-0.1, -0.05) is 6.07 Å². The van der Waals surface area contributed by atoms with Crippen LogP contribution in [0, 0.1) is 0 Å². The molecule has 14 heavy (non-hydrogen) atoms. The molecule has 1 aromatic carbocycles. The molecular formula is C10H11NO3. The molecule has 1 aromatic rings. The zero-order valence-corrected chi connectivity index (χ0v) is 8.06. The molecule has 0 aliphatic rings. The predicted molar refractivity (Wildman–Crippen MR) is 52.8 cm³/mol. The van der Waals surface area contributed by atoms with E-state index in [2.05, 4.69) is 0 Å². The van der Waals surface area contributed by atoms with E-state index < -0.39 is 0 Å². The molecule has 0 unspecified atom stereocenters. The minimum absolute atomic E-state index is 0.379. The van der Waals surface area contributed by atoms with Gasteiger partial charge in [0.2, 0.25) is 6.41 Å². The molecule has 4 heteroatoms. The molecule has 0 radical (unpaired) electrons. The Kier molecular flexibility index (Phi) is 3.23. The number of carbonyl (C=O) groups is 2. The zero-order valence-electron chi connectivity index (χ0n) is 8.06. The molecule has 0 saturated carbocycles. The fourth-order valence-corrected chi connectivity index (χ4v) is 1.19. The van der Waals surface area contributed by atoms with Gasteiger partial charge in [0.25, 0.3) is 0 Å². The maximum atomic E-state index is 10.8. The van der Waals surface area contributed by atoms with E-state index in [4.69, 9.17) is 4.74 Å². The van der Waals surface area contributed by atoms with Gasteiger partial charge in [-0.3, -0.25) is 9.59 Å². The van der Waals surface area contributed by atoms with Crippen molar-refractivity contribution in [3.63, 3.8) is 0 Å². The van der Waals surface area contributed by atoms with Gasteiger partial charge in [0, 0.05) is 7.05 Å². The number of aldehydes is 1. The molecule has 0 saturated heterocycles. The number of ether oxygens (including phenoxy) is 1. The number of rotatable bonds is 4. The number of anilines is 1. The quantitative estimate of drug-likeness (QED) is 0.673. The summed E-state index contributed by atoms with van der Waals surface area (Å²) in [4.78, 5) is 22.7. The van der Waals surface area contributed by atoms with Crippen LogP contribution in [0.25, 0.3) is 0 Å². The lowest BCUT2D eigenvalue weighted by Gasteiger charge is -2.14. The number of carbonyl (C=O) groups excluding carboxylic acids is 2.